The second kappa shape index (κ2) is 8.91. The predicted octanol–water partition coefficient (Wildman–Crippen LogP) is 7.00. The zero-order valence-electron chi connectivity index (χ0n) is 17.5. The van der Waals surface area contributed by atoms with Gasteiger partial charge in [-0.05, 0) is 88.5 Å². The Hall–Kier alpha value is -1.92. The molecule has 2 aliphatic rings. The summed E-state index contributed by atoms with van der Waals surface area (Å²) in [5.74, 6) is 0.340. The summed E-state index contributed by atoms with van der Waals surface area (Å²) >= 11 is 3.49. The Kier molecular flexibility index (Phi) is 6.40. The number of benzene rings is 1. The standard InChI is InChI=1S/C25H26BrF3N2/c1-24(19-11-14-31(15-12-19)17-25(27,28)29)13-10-20(18-6-3-2-4-7-18)21(16-24)22-8-5-9-23(26)30-22/h2-10,13,19H,11-12,14-17H2,1H3. The smallest absolute Gasteiger partial charge is 0.295 e. The van der Waals surface area contributed by atoms with E-state index in [9.17, 15) is 13.2 Å². The van der Waals surface area contributed by atoms with Crippen molar-refractivity contribution in [2.24, 2.45) is 11.3 Å². The first-order chi connectivity index (χ1) is 14.7. The molecule has 1 fully saturated rings. The van der Waals surface area contributed by atoms with Crippen LogP contribution >= 0.6 is 15.9 Å². The number of alkyl halides is 3. The van der Waals surface area contributed by atoms with Gasteiger partial charge in [-0.15, -0.1) is 0 Å². The van der Waals surface area contributed by atoms with Crippen LogP contribution in [-0.4, -0.2) is 35.7 Å². The summed E-state index contributed by atoms with van der Waals surface area (Å²) in [6.07, 6.45) is 2.71. The van der Waals surface area contributed by atoms with Gasteiger partial charge >= 0.3 is 6.18 Å². The Morgan fingerprint density at radius 3 is 2.42 bits per heavy atom. The molecule has 164 valence electrons. The number of pyridine rings is 1. The fraction of sp³-hybridized carbons (Fsp3) is 0.400. The van der Waals surface area contributed by atoms with Crippen molar-refractivity contribution in [3.05, 3.63) is 76.5 Å². The van der Waals surface area contributed by atoms with E-state index in [-0.39, 0.29) is 5.41 Å². The average Bonchev–Trinajstić information content (AvgIpc) is 2.74. The van der Waals surface area contributed by atoms with Gasteiger partial charge in [-0.1, -0.05) is 55.5 Å². The van der Waals surface area contributed by atoms with Gasteiger partial charge < -0.3 is 0 Å². The number of hydrogen-bond donors (Lipinski definition) is 0. The van der Waals surface area contributed by atoms with Gasteiger partial charge in [0, 0.05) is 0 Å². The minimum atomic E-state index is -4.13. The van der Waals surface area contributed by atoms with Gasteiger partial charge in [0.25, 0.3) is 0 Å². The second-order valence-electron chi connectivity index (χ2n) is 8.79. The van der Waals surface area contributed by atoms with Crippen LogP contribution in [0.2, 0.25) is 0 Å². The zero-order valence-corrected chi connectivity index (χ0v) is 19.1. The summed E-state index contributed by atoms with van der Waals surface area (Å²) in [6, 6.07) is 16.2. The number of aromatic nitrogens is 1. The second-order valence-corrected chi connectivity index (χ2v) is 9.60. The van der Waals surface area contributed by atoms with Crippen molar-refractivity contribution in [3.63, 3.8) is 0 Å². The van der Waals surface area contributed by atoms with Gasteiger partial charge in [0.15, 0.2) is 0 Å². The Bertz CT molecular complexity index is 976. The molecule has 0 spiro atoms. The lowest BCUT2D eigenvalue weighted by Crippen LogP contribution is -2.43. The van der Waals surface area contributed by atoms with Crippen LogP contribution in [0.25, 0.3) is 11.1 Å². The fourth-order valence-electron chi connectivity index (χ4n) is 4.89. The number of piperidine rings is 1. The van der Waals surface area contributed by atoms with Crippen LogP contribution < -0.4 is 0 Å². The highest BCUT2D eigenvalue weighted by molar-refractivity contribution is 9.10. The van der Waals surface area contributed by atoms with E-state index in [4.69, 9.17) is 4.98 Å². The minimum Gasteiger partial charge on any atom is -0.295 e. The Morgan fingerprint density at radius 2 is 1.77 bits per heavy atom. The molecule has 0 amide bonds. The molecule has 31 heavy (non-hydrogen) atoms. The van der Waals surface area contributed by atoms with Crippen LogP contribution in [0, 0.1) is 11.3 Å². The number of allylic oxidation sites excluding steroid dienone is 4. The number of likely N-dealkylation sites (tertiary alicyclic amines) is 1. The van der Waals surface area contributed by atoms with Crippen LogP contribution in [0.4, 0.5) is 13.2 Å². The highest BCUT2D eigenvalue weighted by Crippen LogP contribution is 2.49. The van der Waals surface area contributed by atoms with Gasteiger partial charge in [0.1, 0.15) is 4.60 Å². The van der Waals surface area contributed by atoms with E-state index < -0.39 is 12.7 Å². The number of hydrogen-bond acceptors (Lipinski definition) is 2. The van der Waals surface area contributed by atoms with E-state index in [1.54, 1.807) is 0 Å². The molecule has 1 atom stereocenters. The topological polar surface area (TPSA) is 16.1 Å². The highest BCUT2D eigenvalue weighted by Gasteiger charge is 2.39. The molecule has 4 rings (SSSR count). The maximum absolute atomic E-state index is 12.8. The van der Waals surface area contributed by atoms with Crippen LogP contribution in [0.15, 0.2) is 65.3 Å². The van der Waals surface area contributed by atoms with E-state index in [2.05, 4.69) is 47.1 Å². The molecule has 1 aromatic heterocycles. The molecule has 2 aromatic rings. The average molecular weight is 491 g/mol. The van der Waals surface area contributed by atoms with Gasteiger partial charge in [-0.3, -0.25) is 4.90 Å². The summed E-state index contributed by atoms with van der Waals surface area (Å²) in [5, 5.41) is 0. The summed E-state index contributed by atoms with van der Waals surface area (Å²) < 4.78 is 39.1. The largest absolute Gasteiger partial charge is 0.401 e. The monoisotopic (exact) mass is 490 g/mol. The predicted molar refractivity (Wildman–Crippen MR) is 122 cm³/mol. The lowest BCUT2D eigenvalue weighted by molar-refractivity contribution is -0.149. The van der Waals surface area contributed by atoms with Gasteiger partial charge in [0.2, 0.25) is 0 Å². The Balaban J connectivity index is 1.60. The lowest BCUT2D eigenvalue weighted by atomic mass is 9.65. The van der Waals surface area contributed by atoms with Gasteiger partial charge in [-0.2, -0.15) is 13.2 Å². The van der Waals surface area contributed by atoms with E-state index in [0.29, 0.717) is 19.0 Å². The van der Waals surface area contributed by atoms with Gasteiger partial charge in [-0.25, -0.2) is 4.98 Å². The van der Waals surface area contributed by atoms with E-state index in [1.807, 2.05) is 36.4 Å². The van der Waals surface area contributed by atoms with E-state index in [1.165, 1.54) is 10.5 Å². The van der Waals surface area contributed by atoms with Gasteiger partial charge in [0.05, 0.1) is 12.2 Å². The normalized spacial score (nSPS) is 23.4. The molecular formula is C25H26BrF3N2. The summed E-state index contributed by atoms with van der Waals surface area (Å²) in [4.78, 5) is 6.26. The number of nitrogens with zero attached hydrogens (tertiary/aromatic N) is 2. The zero-order chi connectivity index (χ0) is 22.1. The Morgan fingerprint density at radius 1 is 1.06 bits per heavy atom. The number of rotatable bonds is 4. The van der Waals surface area contributed by atoms with Crippen LogP contribution in [-0.2, 0) is 0 Å². The molecular weight excluding hydrogens is 465 g/mol. The van der Waals surface area contributed by atoms with Crippen molar-refractivity contribution >= 4 is 27.1 Å². The molecule has 6 heteroatoms. The summed E-state index contributed by atoms with van der Waals surface area (Å²) in [5.41, 5.74) is 4.34. The maximum atomic E-state index is 12.8. The molecule has 2 heterocycles. The van der Waals surface area contributed by atoms with Crippen LogP contribution in [0.3, 0.4) is 0 Å². The molecule has 1 aliphatic heterocycles. The van der Waals surface area contributed by atoms with Crippen LogP contribution in [0.1, 0.15) is 37.4 Å². The lowest BCUT2D eigenvalue weighted by Gasteiger charge is -2.43. The van der Waals surface area contributed by atoms with Crippen molar-refractivity contribution in [2.75, 3.05) is 19.6 Å². The molecule has 1 saturated heterocycles. The first kappa shape index (κ1) is 22.3. The van der Waals surface area contributed by atoms with Crippen LogP contribution in [0.5, 0.6) is 0 Å². The SMILES string of the molecule is CC1(C2CCN(CC(F)(F)F)CC2)C=CC(c2ccccc2)=C(c2cccc(Br)n2)C1. The van der Waals surface area contributed by atoms with Crippen molar-refractivity contribution in [1.29, 1.82) is 0 Å². The molecule has 0 radical (unpaired) electrons. The van der Waals surface area contributed by atoms with E-state index >= 15 is 0 Å². The Labute approximate surface area is 190 Å². The third kappa shape index (κ3) is 5.29. The molecule has 1 aliphatic carbocycles. The van der Waals surface area contributed by atoms with Crippen molar-refractivity contribution < 1.29 is 13.2 Å². The fourth-order valence-corrected chi connectivity index (χ4v) is 5.23. The molecule has 0 bridgehead atoms. The highest BCUT2D eigenvalue weighted by atomic mass is 79.9. The van der Waals surface area contributed by atoms with E-state index in [0.717, 1.165) is 40.7 Å². The third-order valence-electron chi connectivity index (χ3n) is 6.55. The molecule has 0 saturated carbocycles. The third-order valence-corrected chi connectivity index (χ3v) is 6.99. The quantitative estimate of drug-likeness (QED) is 0.429. The summed E-state index contributed by atoms with van der Waals surface area (Å²) in [7, 11) is 0. The van der Waals surface area contributed by atoms with Crippen molar-refractivity contribution in [2.45, 2.75) is 32.4 Å². The minimum absolute atomic E-state index is 0.109. The first-order valence-corrected chi connectivity index (χ1v) is 11.4. The van der Waals surface area contributed by atoms with Crippen molar-refractivity contribution in [3.8, 4) is 0 Å². The number of halogens is 4. The summed E-state index contributed by atoms with van der Waals surface area (Å²) in [6.45, 7) is 2.42. The molecule has 2 nitrogen and oxygen atoms in total. The molecule has 0 N–H and O–H groups in total. The molecule has 1 aromatic carbocycles. The maximum Gasteiger partial charge on any atom is 0.401 e. The first-order valence-electron chi connectivity index (χ1n) is 10.6. The molecule has 1 unspecified atom stereocenters. The van der Waals surface area contributed by atoms with Crippen molar-refractivity contribution in [1.82, 2.24) is 9.88 Å².